The molecule has 0 aliphatic carbocycles. The molecule has 5 nitrogen and oxygen atoms in total. The normalized spacial score (nSPS) is 10.9. The Kier molecular flexibility index (Phi) is 4.52. The molecule has 0 heterocycles. The highest BCUT2D eigenvalue weighted by Crippen LogP contribution is 1.93. The van der Waals surface area contributed by atoms with Gasteiger partial charge in [0.1, 0.15) is 0 Å². The minimum absolute atomic E-state index is 0.265. The molecule has 0 radical (unpaired) electrons. The SMILES string of the molecule is CC(=CCCNC(N)=O)C(=O)O. The average Bonchev–Trinajstić information content (AvgIpc) is 1.97. The zero-order valence-corrected chi connectivity index (χ0v) is 6.83. The molecular weight excluding hydrogens is 160 g/mol. The van der Waals surface area contributed by atoms with Crippen molar-refractivity contribution in [2.75, 3.05) is 6.54 Å². The molecule has 0 aliphatic heterocycles. The summed E-state index contributed by atoms with van der Waals surface area (Å²) >= 11 is 0. The molecule has 0 bridgehead atoms. The number of rotatable bonds is 4. The Morgan fingerprint density at radius 2 is 2.17 bits per heavy atom. The van der Waals surface area contributed by atoms with E-state index in [1.807, 2.05) is 0 Å². The molecule has 0 aromatic rings. The number of aliphatic carboxylic acids is 1. The summed E-state index contributed by atoms with van der Waals surface area (Å²) in [5, 5.41) is 10.8. The number of hydrogen-bond acceptors (Lipinski definition) is 2. The van der Waals surface area contributed by atoms with Crippen LogP contribution in [-0.4, -0.2) is 23.7 Å². The smallest absolute Gasteiger partial charge is 0.330 e. The molecule has 12 heavy (non-hydrogen) atoms. The van der Waals surface area contributed by atoms with Gasteiger partial charge in [-0.2, -0.15) is 0 Å². The second-order valence-corrected chi connectivity index (χ2v) is 2.27. The van der Waals surface area contributed by atoms with Crippen LogP contribution in [0.5, 0.6) is 0 Å². The number of carbonyl (C=O) groups excluding carboxylic acids is 1. The molecule has 0 aromatic carbocycles. The molecule has 0 saturated heterocycles. The third-order valence-electron chi connectivity index (χ3n) is 1.23. The summed E-state index contributed by atoms with van der Waals surface area (Å²) in [5.74, 6) is -0.950. The van der Waals surface area contributed by atoms with E-state index in [1.165, 1.54) is 13.0 Å². The molecule has 0 aliphatic rings. The maximum Gasteiger partial charge on any atom is 0.330 e. The fourth-order valence-corrected chi connectivity index (χ4v) is 0.571. The first-order valence-electron chi connectivity index (χ1n) is 3.47. The summed E-state index contributed by atoms with van der Waals surface area (Å²) in [6.07, 6.45) is 2.00. The van der Waals surface area contributed by atoms with E-state index in [4.69, 9.17) is 10.8 Å². The van der Waals surface area contributed by atoms with Crippen LogP contribution in [0.2, 0.25) is 0 Å². The maximum absolute atomic E-state index is 10.2. The van der Waals surface area contributed by atoms with Crippen molar-refractivity contribution in [1.29, 1.82) is 0 Å². The number of nitrogens with one attached hydrogen (secondary N) is 1. The van der Waals surface area contributed by atoms with Crippen LogP contribution < -0.4 is 11.1 Å². The van der Waals surface area contributed by atoms with Gasteiger partial charge in [-0.25, -0.2) is 9.59 Å². The van der Waals surface area contributed by atoms with Gasteiger partial charge in [-0.15, -0.1) is 0 Å². The van der Waals surface area contributed by atoms with Crippen LogP contribution in [0.25, 0.3) is 0 Å². The third-order valence-corrected chi connectivity index (χ3v) is 1.23. The molecular formula is C7H12N2O3. The second-order valence-electron chi connectivity index (χ2n) is 2.27. The zero-order chi connectivity index (χ0) is 9.56. The van der Waals surface area contributed by atoms with Gasteiger partial charge < -0.3 is 16.2 Å². The van der Waals surface area contributed by atoms with Crippen LogP contribution in [-0.2, 0) is 4.79 Å². The molecule has 2 amide bonds. The van der Waals surface area contributed by atoms with E-state index in [1.54, 1.807) is 0 Å². The van der Waals surface area contributed by atoms with Crippen molar-refractivity contribution in [3.05, 3.63) is 11.6 Å². The lowest BCUT2D eigenvalue weighted by Gasteiger charge is -1.97. The van der Waals surface area contributed by atoms with Crippen LogP contribution in [0.1, 0.15) is 13.3 Å². The first-order chi connectivity index (χ1) is 5.54. The van der Waals surface area contributed by atoms with Gasteiger partial charge in [0.05, 0.1) is 0 Å². The summed E-state index contributed by atoms with van der Waals surface area (Å²) < 4.78 is 0. The van der Waals surface area contributed by atoms with E-state index in [-0.39, 0.29) is 5.57 Å². The molecule has 4 N–H and O–H groups in total. The number of urea groups is 1. The Balaban J connectivity index is 3.60. The van der Waals surface area contributed by atoms with E-state index in [2.05, 4.69) is 5.32 Å². The largest absolute Gasteiger partial charge is 0.478 e. The third kappa shape index (κ3) is 5.28. The fraction of sp³-hybridized carbons (Fsp3) is 0.429. The summed E-state index contributed by atoms with van der Waals surface area (Å²) in [6, 6.07) is -0.601. The maximum atomic E-state index is 10.2. The van der Waals surface area contributed by atoms with Crippen molar-refractivity contribution in [3.63, 3.8) is 0 Å². The van der Waals surface area contributed by atoms with Crippen molar-refractivity contribution in [1.82, 2.24) is 5.32 Å². The zero-order valence-electron chi connectivity index (χ0n) is 6.83. The lowest BCUT2D eigenvalue weighted by atomic mass is 10.2. The number of hydrogen-bond donors (Lipinski definition) is 3. The Morgan fingerprint density at radius 3 is 2.58 bits per heavy atom. The number of amides is 2. The summed E-state index contributed by atoms with van der Waals surface area (Å²) in [7, 11) is 0. The molecule has 0 atom stereocenters. The van der Waals surface area contributed by atoms with Gasteiger partial charge in [-0.3, -0.25) is 0 Å². The van der Waals surface area contributed by atoms with Crippen molar-refractivity contribution in [2.45, 2.75) is 13.3 Å². The van der Waals surface area contributed by atoms with Gasteiger partial charge in [0, 0.05) is 12.1 Å². The van der Waals surface area contributed by atoms with Crippen LogP contribution in [0.15, 0.2) is 11.6 Å². The molecule has 0 aromatic heterocycles. The predicted molar refractivity (Wildman–Crippen MR) is 43.6 cm³/mol. The lowest BCUT2D eigenvalue weighted by Crippen LogP contribution is -2.29. The van der Waals surface area contributed by atoms with E-state index in [9.17, 15) is 9.59 Å². The van der Waals surface area contributed by atoms with Crippen LogP contribution >= 0.6 is 0 Å². The first-order valence-corrected chi connectivity index (χ1v) is 3.47. The minimum atomic E-state index is -0.950. The highest BCUT2D eigenvalue weighted by molar-refractivity contribution is 5.85. The summed E-state index contributed by atoms with van der Waals surface area (Å²) in [6.45, 7) is 1.85. The molecule has 0 saturated carbocycles. The monoisotopic (exact) mass is 172 g/mol. The number of carboxylic acid groups (broad SMARTS) is 1. The van der Waals surface area contributed by atoms with Crippen LogP contribution in [0.4, 0.5) is 4.79 Å². The summed E-state index contributed by atoms with van der Waals surface area (Å²) in [5.41, 5.74) is 5.05. The highest BCUT2D eigenvalue weighted by Gasteiger charge is 1.97. The second kappa shape index (κ2) is 5.17. The van der Waals surface area contributed by atoms with E-state index in [0.717, 1.165) is 0 Å². The van der Waals surface area contributed by atoms with Crippen molar-refractivity contribution >= 4 is 12.0 Å². The lowest BCUT2D eigenvalue weighted by molar-refractivity contribution is -0.132. The Labute approximate surface area is 70.2 Å². The fourth-order valence-electron chi connectivity index (χ4n) is 0.571. The van der Waals surface area contributed by atoms with Gasteiger partial charge in [0.15, 0.2) is 0 Å². The molecule has 0 rings (SSSR count). The minimum Gasteiger partial charge on any atom is -0.478 e. The van der Waals surface area contributed by atoms with Gasteiger partial charge in [0.2, 0.25) is 0 Å². The van der Waals surface area contributed by atoms with Crippen LogP contribution in [0.3, 0.4) is 0 Å². The number of carbonyl (C=O) groups is 2. The number of carboxylic acids is 1. The summed E-state index contributed by atoms with van der Waals surface area (Å²) in [4.78, 5) is 20.4. The molecule has 0 fully saturated rings. The van der Waals surface area contributed by atoms with E-state index < -0.39 is 12.0 Å². The quantitative estimate of drug-likeness (QED) is 0.414. The molecule has 0 unspecified atom stereocenters. The van der Waals surface area contributed by atoms with Crippen molar-refractivity contribution in [2.24, 2.45) is 5.73 Å². The molecule has 0 spiro atoms. The standard InChI is InChI=1S/C7H12N2O3/c1-5(6(10)11)3-2-4-9-7(8)12/h3H,2,4H2,1H3,(H,10,11)(H3,8,9,12). The predicted octanol–water partition coefficient (Wildman–Crippen LogP) is 0.0757. The highest BCUT2D eigenvalue weighted by atomic mass is 16.4. The topological polar surface area (TPSA) is 92.4 Å². The van der Waals surface area contributed by atoms with E-state index >= 15 is 0 Å². The number of nitrogens with two attached hydrogens (primary N) is 1. The average molecular weight is 172 g/mol. The van der Waals surface area contributed by atoms with Gasteiger partial charge in [-0.1, -0.05) is 6.08 Å². The molecule has 5 heteroatoms. The number of primary amides is 1. The van der Waals surface area contributed by atoms with Gasteiger partial charge in [0.25, 0.3) is 0 Å². The Hall–Kier alpha value is -1.52. The van der Waals surface area contributed by atoms with Crippen LogP contribution in [0, 0.1) is 0 Å². The van der Waals surface area contributed by atoms with Crippen molar-refractivity contribution < 1.29 is 14.7 Å². The van der Waals surface area contributed by atoms with E-state index in [0.29, 0.717) is 13.0 Å². The first kappa shape index (κ1) is 10.5. The Bertz CT molecular complexity index is 211. The Morgan fingerprint density at radius 1 is 1.58 bits per heavy atom. The van der Waals surface area contributed by atoms with Crippen molar-refractivity contribution in [3.8, 4) is 0 Å². The van der Waals surface area contributed by atoms with Gasteiger partial charge >= 0.3 is 12.0 Å². The van der Waals surface area contributed by atoms with Gasteiger partial charge in [-0.05, 0) is 13.3 Å². The molecule has 68 valence electrons.